The van der Waals surface area contributed by atoms with E-state index in [1.165, 1.54) is 12.1 Å². The number of hydrogen-bond acceptors (Lipinski definition) is 5. The molecule has 0 saturated heterocycles. The van der Waals surface area contributed by atoms with Crippen LogP contribution in [0.5, 0.6) is 0 Å². The molecule has 1 heterocycles. The molecule has 2 rings (SSSR count). The summed E-state index contributed by atoms with van der Waals surface area (Å²) in [5, 5.41) is 0. The average Bonchev–Trinajstić information content (AvgIpc) is 2.33. The van der Waals surface area contributed by atoms with E-state index in [4.69, 9.17) is 5.73 Å². The third kappa shape index (κ3) is 3.72. The molecule has 2 aromatic rings. The molecule has 112 valence electrons. The second-order valence-electron chi connectivity index (χ2n) is 4.38. The van der Waals surface area contributed by atoms with Crippen LogP contribution in [0.3, 0.4) is 0 Å². The van der Waals surface area contributed by atoms with E-state index in [9.17, 15) is 8.42 Å². The molecule has 0 bridgehead atoms. The Morgan fingerprint density at radius 1 is 1.05 bits per heavy atom. The number of nitrogen functional groups attached to an aromatic ring is 1. The summed E-state index contributed by atoms with van der Waals surface area (Å²) in [6, 6.07) is 4.60. The van der Waals surface area contributed by atoms with E-state index in [1.54, 1.807) is 19.9 Å². The smallest absolute Gasteiger partial charge is 0.264 e. The van der Waals surface area contributed by atoms with Crippen LogP contribution >= 0.6 is 31.9 Å². The normalized spacial score (nSPS) is 11.4. The van der Waals surface area contributed by atoms with Crippen molar-refractivity contribution in [3.63, 3.8) is 0 Å². The van der Waals surface area contributed by atoms with E-state index in [0.29, 0.717) is 26.0 Å². The summed E-state index contributed by atoms with van der Waals surface area (Å²) >= 11 is 6.44. The fourth-order valence-electron chi connectivity index (χ4n) is 1.67. The summed E-state index contributed by atoms with van der Waals surface area (Å²) in [7, 11) is -3.80. The Labute approximate surface area is 139 Å². The molecular formula is C12H12Br2N4O2S. The Morgan fingerprint density at radius 2 is 1.52 bits per heavy atom. The highest BCUT2D eigenvalue weighted by Gasteiger charge is 2.18. The molecule has 0 unspecified atom stereocenters. The Bertz CT molecular complexity index is 766. The highest BCUT2D eigenvalue weighted by Crippen LogP contribution is 2.31. The van der Waals surface area contributed by atoms with Crippen molar-refractivity contribution in [2.75, 3.05) is 10.5 Å². The van der Waals surface area contributed by atoms with E-state index < -0.39 is 10.0 Å². The van der Waals surface area contributed by atoms with Crippen LogP contribution in [0.15, 0.2) is 32.0 Å². The van der Waals surface area contributed by atoms with Crippen LogP contribution in [0.25, 0.3) is 0 Å². The van der Waals surface area contributed by atoms with Crippen molar-refractivity contribution >= 4 is 53.5 Å². The molecule has 21 heavy (non-hydrogen) atoms. The predicted molar refractivity (Wildman–Crippen MR) is 88.6 cm³/mol. The largest absolute Gasteiger partial charge is 0.397 e. The summed E-state index contributed by atoms with van der Waals surface area (Å²) in [6.45, 7) is 3.53. The van der Waals surface area contributed by atoms with Gasteiger partial charge < -0.3 is 5.73 Å². The number of sulfonamides is 1. The number of hydrogen-bond donors (Lipinski definition) is 2. The monoisotopic (exact) mass is 434 g/mol. The molecule has 0 atom stereocenters. The molecule has 9 heteroatoms. The topological polar surface area (TPSA) is 98.0 Å². The minimum absolute atomic E-state index is 0.0385. The molecule has 0 spiro atoms. The predicted octanol–water partition coefficient (Wildman–Crippen LogP) is 3.00. The van der Waals surface area contributed by atoms with Gasteiger partial charge in [0.05, 0.1) is 10.6 Å². The van der Waals surface area contributed by atoms with Gasteiger partial charge in [0.1, 0.15) is 0 Å². The maximum Gasteiger partial charge on any atom is 0.264 e. The fourth-order valence-corrected chi connectivity index (χ4v) is 4.15. The molecule has 0 aliphatic carbocycles. The first kappa shape index (κ1) is 16.2. The van der Waals surface area contributed by atoms with Gasteiger partial charge in [0.2, 0.25) is 5.95 Å². The average molecular weight is 436 g/mol. The maximum absolute atomic E-state index is 12.4. The Morgan fingerprint density at radius 3 is 2.00 bits per heavy atom. The minimum Gasteiger partial charge on any atom is -0.397 e. The highest BCUT2D eigenvalue weighted by molar-refractivity contribution is 9.11. The van der Waals surface area contributed by atoms with Gasteiger partial charge in [-0.1, -0.05) is 0 Å². The zero-order valence-electron chi connectivity index (χ0n) is 11.2. The summed E-state index contributed by atoms with van der Waals surface area (Å²) in [5.74, 6) is 0.0385. The molecule has 0 aliphatic rings. The lowest BCUT2D eigenvalue weighted by Crippen LogP contribution is -2.16. The van der Waals surface area contributed by atoms with Crippen LogP contribution in [0, 0.1) is 13.8 Å². The van der Waals surface area contributed by atoms with Gasteiger partial charge in [0.25, 0.3) is 10.0 Å². The number of aromatic nitrogens is 2. The second-order valence-corrected chi connectivity index (χ2v) is 7.77. The number of aryl methyl sites for hydroxylation is 2. The Kier molecular flexibility index (Phi) is 4.54. The summed E-state index contributed by atoms with van der Waals surface area (Å²) in [6.07, 6.45) is 0. The van der Waals surface area contributed by atoms with Crippen molar-refractivity contribution in [2.45, 2.75) is 18.7 Å². The number of anilines is 2. The van der Waals surface area contributed by atoms with Crippen molar-refractivity contribution in [2.24, 2.45) is 0 Å². The molecule has 1 aromatic heterocycles. The quantitative estimate of drug-likeness (QED) is 0.722. The van der Waals surface area contributed by atoms with E-state index >= 15 is 0 Å². The minimum atomic E-state index is -3.80. The van der Waals surface area contributed by atoms with Crippen LogP contribution in [0.4, 0.5) is 11.6 Å². The lowest BCUT2D eigenvalue weighted by Gasteiger charge is -2.10. The van der Waals surface area contributed by atoms with Crippen molar-refractivity contribution in [3.8, 4) is 0 Å². The maximum atomic E-state index is 12.4. The third-order valence-electron chi connectivity index (χ3n) is 2.57. The van der Waals surface area contributed by atoms with Gasteiger partial charge in [-0.3, -0.25) is 0 Å². The van der Waals surface area contributed by atoms with Crippen LogP contribution in [0.2, 0.25) is 0 Å². The first-order chi connectivity index (χ1) is 9.69. The van der Waals surface area contributed by atoms with Gasteiger partial charge in [-0.15, -0.1) is 0 Å². The molecule has 0 fully saturated rings. The Balaban J connectivity index is 2.43. The number of halogens is 2. The number of rotatable bonds is 3. The standard InChI is InChI=1S/C12H12Br2N4O2S/c1-6-3-7(2)17-12(16-6)18-21(19,20)8-4-9(13)11(15)10(14)5-8/h3-5H,15H2,1-2H3,(H,16,17,18). The number of benzene rings is 1. The summed E-state index contributed by atoms with van der Waals surface area (Å²) < 4.78 is 28.1. The van der Waals surface area contributed by atoms with Gasteiger partial charge in [-0.2, -0.15) is 0 Å². The van der Waals surface area contributed by atoms with Crippen molar-refractivity contribution < 1.29 is 8.42 Å². The van der Waals surface area contributed by atoms with Crippen LogP contribution < -0.4 is 10.5 Å². The molecular weight excluding hydrogens is 424 g/mol. The molecule has 0 aliphatic heterocycles. The van der Waals surface area contributed by atoms with E-state index in [-0.39, 0.29) is 10.8 Å². The number of nitrogens with one attached hydrogen (secondary N) is 1. The third-order valence-corrected chi connectivity index (χ3v) is 5.19. The number of nitrogens with two attached hydrogens (primary N) is 1. The van der Waals surface area contributed by atoms with Crippen LogP contribution in [-0.2, 0) is 10.0 Å². The van der Waals surface area contributed by atoms with E-state index in [0.717, 1.165) is 0 Å². The number of nitrogens with zero attached hydrogens (tertiary/aromatic N) is 2. The first-order valence-electron chi connectivity index (χ1n) is 5.78. The second kappa shape index (κ2) is 5.90. The molecule has 0 saturated carbocycles. The molecule has 0 radical (unpaired) electrons. The molecule has 6 nitrogen and oxygen atoms in total. The van der Waals surface area contributed by atoms with Crippen molar-refractivity contribution in [1.82, 2.24) is 9.97 Å². The zero-order valence-corrected chi connectivity index (χ0v) is 15.2. The Hall–Kier alpha value is -1.19. The van der Waals surface area contributed by atoms with E-state index in [2.05, 4.69) is 46.5 Å². The first-order valence-corrected chi connectivity index (χ1v) is 8.85. The van der Waals surface area contributed by atoms with Gasteiger partial charge in [-0.25, -0.2) is 23.1 Å². The highest BCUT2D eigenvalue weighted by atomic mass is 79.9. The van der Waals surface area contributed by atoms with Gasteiger partial charge in [0, 0.05) is 20.3 Å². The van der Waals surface area contributed by atoms with E-state index in [1.807, 2.05) is 0 Å². The fraction of sp³-hybridized carbons (Fsp3) is 0.167. The van der Waals surface area contributed by atoms with Gasteiger partial charge in [-0.05, 0) is 63.9 Å². The SMILES string of the molecule is Cc1cc(C)nc(NS(=O)(=O)c2cc(Br)c(N)c(Br)c2)n1. The van der Waals surface area contributed by atoms with Gasteiger partial charge >= 0.3 is 0 Å². The van der Waals surface area contributed by atoms with Crippen molar-refractivity contribution in [3.05, 3.63) is 38.5 Å². The summed E-state index contributed by atoms with van der Waals surface area (Å²) in [4.78, 5) is 8.17. The summed E-state index contributed by atoms with van der Waals surface area (Å²) in [5.41, 5.74) is 7.54. The van der Waals surface area contributed by atoms with Crippen LogP contribution in [0.1, 0.15) is 11.4 Å². The molecule has 0 amide bonds. The van der Waals surface area contributed by atoms with Gasteiger partial charge in [0.15, 0.2) is 0 Å². The zero-order chi connectivity index (χ0) is 15.8. The van der Waals surface area contributed by atoms with Crippen molar-refractivity contribution in [1.29, 1.82) is 0 Å². The van der Waals surface area contributed by atoms with Crippen LogP contribution in [-0.4, -0.2) is 18.4 Å². The lowest BCUT2D eigenvalue weighted by atomic mass is 10.3. The lowest BCUT2D eigenvalue weighted by molar-refractivity contribution is 0.600. The molecule has 3 N–H and O–H groups in total. The molecule has 1 aromatic carbocycles.